The minimum absolute atomic E-state index is 0.0424. The first kappa shape index (κ1) is 8.58. The van der Waals surface area contributed by atoms with Crippen molar-refractivity contribution in [1.82, 2.24) is 20.0 Å². The summed E-state index contributed by atoms with van der Waals surface area (Å²) in [6.45, 7) is 2.43. The van der Waals surface area contributed by atoms with E-state index < -0.39 is 0 Å². The summed E-state index contributed by atoms with van der Waals surface area (Å²) in [5.74, 6) is 0.0424. The van der Waals surface area contributed by atoms with Crippen molar-refractivity contribution in [3.05, 3.63) is 11.3 Å². The van der Waals surface area contributed by atoms with E-state index in [9.17, 15) is 4.79 Å². The summed E-state index contributed by atoms with van der Waals surface area (Å²) in [6, 6.07) is -0.0390. The molecule has 2 rings (SSSR count). The van der Waals surface area contributed by atoms with Crippen molar-refractivity contribution in [3.8, 4) is 0 Å². The molecule has 1 aromatic heterocycles. The van der Waals surface area contributed by atoms with Crippen LogP contribution in [0.5, 0.6) is 0 Å². The zero-order valence-corrected chi connectivity index (χ0v) is 7.97. The van der Waals surface area contributed by atoms with Gasteiger partial charge in [0, 0.05) is 6.54 Å². The third-order valence-electron chi connectivity index (χ3n) is 2.00. The molecule has 2 unspecified atom stereocenters. The first-order valence-electron chi connectivity index (χ1n) is 4.07. The summed E-state index contributed by atoms with van der Waals surface area (Å²) in [6.07, 6.45) is 1.53. The van der Waals surface area contributed by atoms with E-state index in [0.717, 1.165) is 5.01 Å². The second kappa shape index (κ2) is 3.39. The Morgan fingerprint density at radius 3 is 3.15 bits per heavy atom. The number of aromatic nitrogens is 2. The van der Waals surface area contributed by atoms with Crippen LogP contribution in [-0.2, 0) is 4.79 Å². The highest BCUT2D eigenvalue weighted by atomic mass is 32.1. The van der Waals surface area contributed by atoms with Crippen LogP contribution < -0.4 is 10.6 Å². The van der Waals surface area contributed by atoms with E-state index in [0.29, 0.717) is 6.54 Å². The average molecular weight is 198 g/mol. The molecular weight excluding hydrogens is 188 g/mol. The predicted octanol–water partition coefficient (Wildman–Crippen LogP) is -0.313. The Kier molecular flexibility index (Phi) is 2.24. The van der Waals surface area contributed by atoms with Crippen molar-refractivity contribution >= 4 is 17.4 Å². The second-order valence-electron chi connectivity index (χ2n) is 2.97. The Morgan fingerprint density at radius 1 is 1.69 bits per heavy atom. The Bertz CT molecular complexity index is 299. The van der Waals surface area contributed by atoms with Gasteiger partial charge in [-0.1, -0.05) is 0 Å². The van der Waals surface area contributed by atoms with Crippen molar-refractivity contribution in [2.75, 3.05) is 6.54 Å². The molecule has 0 aromatic carbocycles. The highest BCUT2D eigenvalue weighted by Gasteiger charge is 2.26. The van der Waals surface area contributed by atoms with Crippen molar-refractivity contribution in [2.24, 2.45) is 0 Å². The topological polar surface area (TPSA) is 66.9 Å². The summed E-state index contributed by atoms with van der Waals surface area (Å²) in [5, 5.41) is 6.89. The SMILES string of the molecule is CC1NC(c2ncns2)CNC1=O. The zero-order chi connectivity index (χ0) is 9.26. The van der Waals surface area contributed by atoms with Gasteiger partial charge in [0.1, 0.15) is 11.3 Å². The number of rotatable bonds is 1. The van der Waals surface area contributed by atoms with Gasteiger partial charge in [-0.15, -0.1) is 0 Å². The number of nitrogens with one attached hydrogen (secondary N) is 2. The molecule has 5 nitrogen and oxygen atoms in total. The molecule has 0 bridgehead atoms. The van der Waals surface area contributed by atoms with Gasteiger partial charge in [-0.05, 0) is 18.5 Å². The summed E-state index contributed by atoms with van der Waals surface area (Å²) in [4.78, 5) is 15.2. The summed E-state index contributed by atoms with van der Waals surface area (Å²) >= 11 is 1.36. The lowest BCUT2D eigenvalue weighted by Crippen LogP contribution is -2.52. The highest BCUT2D eigenvalue weighted by Crippen LogP contribution is 2.15. The van der Waals surface area contributed by atoms with Gasteiger partial charge in [-0.2, -0.15) is 4.37 Å². The van der Waals surface area contributed by atoms with Crippen LogP contribution in [0.1, 0.15) is 18.0 Å². The van der Waals surface area contributed by atoms with Crippen LogP contribution in [0.2, 0.25) is 0 Å². The fourth-order valence-corrected chi connectivity index (χ4v) is 1.86. The molecule has 1 aromatic rings. The van der Waals surface area contributed by atoms with Gasteiger partial charge in [-0.25, -0.2) is 4.98 Å². The van der Waals surface area contributed by atoms with E-state index in [1.165, 1.54) is 17.9 Å². The number of amides is 1. The van der Waals surface area contributed by atoms with E-state index >= 15 is 0 Å². The maximum atomic E-state index is 11.1. The van der Waals surface area contributed by atoms with Crippen LogP contribution in [0.3, 0.4) is 0 Å². The van der Waals surface area contributed by atoms with E-state index in [1.54, 1.807) is 0 Å². The molecule has 13 heavy (non-hydrogen) atoms. The van der Waals surface area contributed by atoms with Crippen molar-refractivity contribution in [2.45, 2.75) is 19.0 Å². The Morgan fingerprint density at radius 2 is 2.54 bits per heavy atom. The number of piperazine rings is 1. The first-order valence-corrected chi connectivity index (χ1v) is 4.85. The lowest BCUT2D eigenvalue weighted by molar-refractivity contribution is -0.124. The molecule has 70 valence electrons. The lowest BCUT2D eigenvalue weighted by atomic mass is 10.2. The Hall–Kier alpha value is -1.01. The Labute approximate surface area is 79.7 Å². The molecule has 1 aliphatic heterocycles. The minimum Gasteiger partial charge on any atom is -0.353 e. The van der Waals surface area contributed by atoms with E-state index in [-0.39, 0.29) is 18.0 Å². The second-order valence-corrected chi connectivity index (χ2v) is 3.78. The van der Waals surface area contributed by atoms with Gasteiger partial charge in [-0.3, -0.25) is 10.1 Å². The molecule has 0 radical (unpaired) electrons. The van der Waals surface area contributed by atoms with Crippen LogP contribution >= 0.6 is 11.5 Å². The van der Waals surface area contributed by atoms with Gasteiger partial charge in [0.25, 0.3) is 0 Å². The molecule has 2 heterocycles. The third-order valence-corrected chi connectivity index (χ3v) is 2.78. The monoisotopic (exact) mass is 198 g/mol. The smallest absolute Gasteiger partial charge is 0.236 e. The molecule has 2 atom stereocenters. The van der Waals surface area contributed by atoms with E-state index in [1.807, 2.05) is 6.92 Å². The predicted molar refractivity (Wildman–Crippen MR) is 48.3 cm³/mol. The van der Waals surface area contributed by atoms with E-state index in [2.05, 4.69) is 20.0 Å². The fourth-order valence-electron chi connectivity index (χ4n) is 1.29. The number of carbonyl (C=O) groups excluding carboxylic acids is 1. The molecular formula is C7H10N4OS. The third kappa shape index (κ3) is 1.68. The molecule has 0 spiro atoms. The largest absolute Gasteiger partial charge is 0.353 e. The van der Waals surface area contributed by atoms with Crippen molar-refractivity contribution in [1.29, 1.82) is 0 Å². The van der Waals surface area contributed by atoms with Crippen LogP contribution in [0, 0.1) is 0 Å². The molecule has 1 saturated heterocycles. The zero-order valence-electron chi connectivity index (χ0n) is 7.15. The number of hydrogen-bond acceptors (Lipinski definition) is 5. The molecule has 1 amide bonds. The molecule has 1 fully saturated rings. The van der Waals surface area contributed by atoms with Crippen LogP contribution in [0.25, 0.3) is 0 Å². The van der Waals surface area contributed by atoms with Gasteiger partial charge in [0.2, 0.25) is 5.91 Å². The van der Waals surface area contributed by atoms with Gasteiger partial charge in [0.15, 0.2) is 0 Å². The summed E-state index contributed by atoms with van der Waals surface area (Å²) < 4.78 is 3.92. The van der Waals surface area contributed by atoms with Crippen LogP contribution in [-0.4, -0.2) is 27.9 Å². The highest BCUT2D eigenvalue weighted by molar-refractivity contribution is 7.05. The number of carbonyl (C=O) groups is 1. The summed E-state index contributed by atoms with van der Waals surface area (Å²) in [7, 11) is 0. The lowest BCUT2D eigenvalue weighted by Gasteiger charge is -2.26. The van der Waals surface area contributed by atoms with Crippen molar-refractivity contribution in [3.63, 3.8) is 0 Å². The van der Waals surface area contributed by atoms with Crippen LogP contribution in [0.4, 0.5) is 0 Å². The molecule has 6 heteroatoms. The summed E-state index contributed by atoms with van der Waals surface area (Å²) in [5.41, 5.74) is 0. The number of nitrogens with zero attached hydrogens (tertiary/aromatic N) is 2. The first-order chi connectivity index (χ1) is 6.27. The molecule has 0 aliphatic carbocycles. The quantitative estimate of drug-likeness (QED) is 0.649. The van der Waals surface area contributed by atoms with E-state index in [4.69, 9.17) is 0 Å². The molecule has 1 aliphatic rings. The van der Waals surface area contributed by atoms with Gasteiger partial charge < -0.3 is 5.32 Å². The molecule has 2 N–H and O–H groups in total. The average Bonchev–Trinajstić information content (AvgIpc) is 2.62. The Balaban J connectivity index is 2.07. The molecule has 0 saturated carbocycles. The van der Waals surface area contributed by atoms with Gasteiger partial charge in [0.05, 0.1) is 12.1 Å². The van der Waals surface area contributed by atoms with Crippen LogP contribution in [0.15, 0.2) is 6.33 Å². The number of hydrogen-bond donors (Lipinski definition) is 2. The minimum atomic E-state index is -0.150. The standard InChI is InChI=1S/C7H10N4OS/c1-4-6(12)8-2-5(11-4)7-9-3-10-13-7/h3-5,11H,2H2,1H3,(H,8,12). The van der Waals surface area contributed by atoms with Gasteiger partial charge >= 0.3 is 0 Å². The van der Waals surface area contributed by atoms with Crippen molar-refractivity contribution < 1.29 is 4.79 Å². The maximum absolute atomic E-state index is 11.1. The maximum Gasteiger partial charge on any atom is 0.236 e. The normalized spacial score (nSPS) is 28.5. The fraction of sp³-hybridized carbons (Fsp3) is 0.571.